The van der Waals surface area contributed by atoms with Gasteiger partial charge in [-0.2, -0.15) is 0 Å². The highest BCUT2D eigenvalue weighted by molar-refractivity contribution is 5.86. The lowest BCUT2D eigenvalue weighted by atomic mass is 10.0. The van der Waals surface area contributed by atoms with E-state index < -0.39 is 35.8 Å². The number of carbonyl (C=O) groups excluding carboxylic acids is 3. The Bertz CT molecular complexity index is 1140. The lowest BCUT2D eigenvalue weighted by molar-refractivity contribution is -0.130. The smallest absolute Gasteiger partial charge is 0.335 e. The second-order valence-corrected chi connectivity index (χ2v) is 6.06. The minimum Gasteiger partial charge on any atom is -0.458 e. The van der Waals surface area contributed by atoms with Crippen LogP contribution in [0.5, 0.6) is 23.0 Å². The molecule has 0 saturated carbocycles. The molecule has 2 rings (SSSR count). The highest BCUT2D eigenvalue weighted by Gasteiger charge is 2.20. The minimum absolute atomic E-state index is 0.0608. The van der Waals surface area contributed by atoms with Gasteiger partial charge in [0.1, 0.15) is 5.75 Å². The molecule has 9 heteroatoms. The van der Waals surface area contributed by atoms with Crippen molar-refractivity contribution in [3.8, 4) is 34.1 Å². The Morgan fingerprint density at radius 1 is 0.818 bits per heavy atom. The van der Waals surface area contributed by atoms with E-state index in [0.717, 1.165) is 36.4 Å². The van der Waals surface area contributed by atoms with E-state index in [1.165, 1.54) is 18.2 Å². The first-order valence-corrected chi connectivity index (χ1v) is 9.20. The van der Waals surface area contributed by atoms with Gasteiger partial charge in [-0.15, -0.1) is 0 Å². The van der Waals surface area contributed by atoms with Gasteiger partial charge in [-0.1, -0.05) is 32.4 Å². The molecule has 0 aromatic heterocycles. The first kappa shape index (κ1) is 24.8. The van der Waals surface area contributed by atoms with E-state index in [4.69, 9.17) is 18.9 Å². The Kier molecular flexibility index (Phi) is 8.42. The van der Waals surface area contributed by atoms with E-state index in [1.807, 2.05) is 0 Å². The summed E-state index contributed by atoms with van der Waals surface area (Å²) in [7, 11) is 0. The number of carbonyl (C=O) groups is 3. The summed E-state index contributed by atoms with van der Waals surface area (Å²) in [5.41, 5.74) is -0.0600. The summed E-state index contributed by atoms with van der Waals surface area (Å²) in [5.74, 6) is -4.56. The molecule has 0 aliphatic heterocycles. The quantitative estimate of drug-likeness (QED) is 0.191. The van der Waals surface area contributed by atoms with Crippen LogP contribution in [0.1, 0.15) is 0 Å². The van der Waals surface area contributed by atoms with Crippen LogP contribution in [0, 0.1) is 5.82 Å². The fraction of sp³-hybridized carbons (Fsp3) is 0.0417. The van der Waals surface area contributed by atoms with E-state index in [1.54, 1.807) is 0 Å². The van der Waals surface area contributed by atoms with Crippen LogP contribution in [-0.4, -0.2) is 29.3 Å². The molecule has 0 fully saturated rings. The Labute approximate surface area is 188 Å². The number of esters is 3. The zero-order chi connectivity index (χ0) is 24.5. The Morgan fingerprint density at radius 3 is 1.97 bits per heavy atom. The maximum Gasteiger partial charge on any atom is 0.335 e. The lowest BCUT2D eigenvalue weighted by Crippen LogP contribution is -2.13. The van der Waals surface area contributed by atoms with Crippen LogP contribution >= 0.6 is 0 Å². The van der Waals surface area contributed by atoms with Crippen LogP contribution in [0.4, 0.5) is 4.39 Å². The molecule has 0 radical (unpaired) electrons. The number of aliphatic hydroxyl groups excluding tert-OH is 1. The van der Waals surface area contributed by atoms with Gasteiger partial charge in [-0.25, -0.2) is 18.8 Å². The van der Waals surface area contributed by atoms with Crippen LogP contribution in [-0.2, 0) is 14.4 Å². The van der Waals surface area contributed by atoms with Crippen molar-refractivity contribution in [3.63, 3.8) is 0 Å². The summed E-state index contributed by atoms with van der Waals surface area (Å²) < 4.78 is 35.5. The Morgan fingerprint density at radius 2 is 1.39 bits per heavy atom. The number of benzene rings is 2. The largest absolute Gasteiger partial charge is 0.458 e. The standard InChI is InChI=1S/C24H19FO8/c1-5-20(26)30-15-12-16(24(25)19(13-15)33-23(29)8-4)14-9-10-17(31-21(27)6-2)18(11-14)32-22(28)7-3/h5-13,21,27H,1-4H2. The molecule has 0 bridgehead atoms. The number of hydrogen-bond acceptors (Lipinski definition) is 8. The molecule has 0 aliphatic rings. The number of rotatable bonds is 10. The van der Waals surface area contributed by atoms with Gasteiger partial charge in [0.05, 0.1) is 0 Å². The van der Waals surface area contributed by atoms with Crippen molar-refractivity contribution in [3.05, 3.63) is 86.8 Å². The summed E-state index contributed by atoms with van der Waals surface area (Å²) in [6.07, 6.45) is 2.28. The molecule has 1 unspecified atom stereocenters. The monoisotopic (exact) mass is 454 g/mol. The number of halogens is 1. The fourth-order valence-electron chi connectivity index (χ4n) is 2.40. The molecule has 2 aromatic rings. The number of aliphatic hydroxyl groups is 1. The van der Waals surface area contributed by atoms with Crippen LogP contribution in [0.15, 0.2) is 81.0 Å². The second-order valence-electron chi connectivity index (χ2n) is 6.06. The van der Waals surface area contributed by atoms with Gasteiger partial charge in [0.15, 0.2) is 23.1 Å². The van der Waals surface area contributed by atoms with Crippen LogP contribution in [0.3, 0.4) is 0 Å². The molecule has 0 aliphatic carbocycles. The third-order valence-corrected chi connectivity index (χ3v) is 3.86. The van der Waals surface area contributed by atoms with Gasteiger partial charge in [0.2, 0.25) is 6.29 Å². The Hall–Kier alpha value is -4.50. The van der Waals surface area contributed by atoms with Crippen molar-refractivity contribution in [2.75, 3.05) is 0 Å². The van der Waals surface area contributed by atoms with Crippen molar-refractivity contribution in [2.24, 2.45) is 0 Å². The number of ether oxygens (including phenoxy) is 4. The van der Waals surface area contributed by atoms with Crippen molar-refractivity contribution in [2.45, 2.75) is 6.29 Å². The molecule has 8 nitrogen and oxygen atoms in total. The normalized spacial score (nSPS) is 10.8. The van der Waals surface area contributed by atoms with Crippen molar-refractivity contribution in [1.29, 1.82) is 0 Å². The van der Waals surface area contributed by atoms with E-state index in [-0.39, 0.29) is 28.4 Å². The van der Waals surface area contributed by atoms with Crippen LogP contribution < -0.4 is 18.9 Å². The molecule has 1 N–H and O–H groups in total. The molecule has 1 atom stereocenters. The third kappa shape index (κ3) is 6.49. The second kappa shape index (κ2) is 11.2. The van der Waals surface area contributed by atoms with Gasteiger partial charge in [0.25, 0.3) is 0 Å². The van der Waals surface area contributed by atoms with Crippen molar-refractivity contribution in [1.82, 2.24) is 0 Å². The fourth-order valence-corrected chi connectivity index (χ4v) is 2.40. The summed E-state index contributed by atoms with van der Waals surface area (Å²) in [6.45, 7) is 13.2. The van der Waals surface area contributed by atoms with Gasteiger partial charge in [-0.05, 0) is 29.8 Å². The average Bonchev–Trinajstić information content (AvgIpc) is 2.81. The highest BCUT2D eigenvalue weighted by atomic mass is 19.1. The molecule has 0 heterocycles. The summed E-state index contributed by atoms with van der Waals surface area (Å²) >= 11 is 0. The first-order valence-electron chi connectivity index (χ1n) is 9.20. The van der Waals surface area contributed by atoms with E-state index in [9.17, 15) is 19.5 Å². The molecule has 2 aromatic carbocycles. The van der Waals surface area contributed by atoms with E-state index >= 15 is 4.39 Å². The molecule has 0 amide bonds. The minimum atomic E-state index is -1.42. The zero-order valence-electron chi connectivity index (χ0n) is 17.3. The molecule has 170 valence electrons. The Balaban J connectivity index is 2.66. The topological polar surface area (TPSA) is 108 Å². The molecular formula is C24H19FO8. The number of hydrogen-bond donors (Lipinski definition) is 1. The van der Waals surface area contributed by atoms with Gasteiger partial charge < -0.3 is 24.1 Å². The molecular weight excluding hydrogens is 435 g/mol. The van der Waals surface area contributed by atoms with E-state index in [0.29, 0.717) is 0 Å². The zero-order valence-corrected chi connectivity index (χ0v) is 17.3. The predicted octanol–water partition coefficient (Wildman–Crippen LogP) is 3.65. The SMILES string of the molecule is C=CC(=O)Oc1cc(OC(=O)C=C)c(F)c(-c2ccc(OC(O)C=C)c(OC(=O)C=C)c2)c1. The summed E-state index contributed by atoms with van der Waals surface area (Å²) in [5, 5.41) is 9.67. The van der Waals surface area contributed by atoms with Gasteiger partial charge >= 0.3 is 17.9 Å². The molecule has 33 heavy (non-hydrogen) atoms. The first-order chi connectivity index (χ1) is 15.7. The molecule has 0 saturated heterocycles. The lowest BCUT2D eigenvalue weighted by Gasteiger charge is -2.16. The summed E-state index contributed by atoms with van der Waals surface area (Å²) in [6, 6.07) is 6.05. The maximum absolute atomic E-state index is 15.2. The van der Waals surface area contributed by atoms with Gasteiger partial charge in [0, 0.05) is 29.9 Å². The highest BCUT2D eigenvalue weighted by Crippen LogP contribution is 2.39. The van der Waals surface area contributed by atoms with Crippen molar-refractivity contribution >= 4 is 17.9 Å². The third-order valence-electron chi connectivity index (χ3n) is 3.86. The molecule has 0 spiro atoms. The maximum atomic E-state index is 15.2. The average molecular weight is 454 g/mol. The van der Waals surface area contributed by atoms with Crippen LogP contribution in [0.2, 0.25) is 0 Å². The summed E-state index contributed by atoms with van der Waals surface area (Å²) in [4.78, 5) is 35.0. The van der Waals surface area contributed by atoms with E-state index in [2.05, 4.69) is 26.3 Å². The van der Waals surface area contributed by atoms with Crippen molar-refractivity contribution < 1.29 is 42.8 Å². The van der Waals surface area contributed by atoms with Gasteiger partial charge in [-0.3, -0.25) is 0 Å². The predicted molar refractivity (Wildman–Crippen MR) is 116 cm³/mol. The van der Waals surface area contributed by atoms with Crippen LogP contribution in [0.25, 0.3) is 11.1 Å².